The lowest BCUT2D eigenvalue weighted by Crippen LogP contribution is -2.51. The average Bonchev–Trinajstić information content (AvgIpc) is 3.49. The van der Waals surface area contributed by atoms with E-state index in [1.807, 2.05) is 17.0 Å². The molecule has 0 unspecified atom stereocenters. The molecule has 1 amide bonds. The zero-order valence-corrected chi connectivity index (χ0v) is 15.7. The molecule has 0 bridgehead atoms. The summed E-state index contributed by atoms with van der Waals surface area (Å²) in [5, 5.41) is 3.68. The van der Waals surface area contributed by atoms with Gasteiger partial charge in [-0.1, -0.05) is 35.5 Å². The Morgan fingerprint density at radius 3 is 2.79 bits per heavy atom. The van der Waals surface area contributed by atoms with Crippen LogP contribution in [0.3, 0.4) is 0 Å². The smallest absolute Gasteiger partial charge is 0.292 e. The van der Waals surface area contributed by atoms with Gasteiger partial charge >= 0.3 is 0 Å². The molecule has 2 aliphatic rings. The molecule has 2 aliphatic heterocycles. The van der Waals surface area contributed by atoms with E-state index in [4.69, 9.17) is 8.94 Å². The molecule has 0 aliphatic carbocycles. The summed E-state index contributed by atoms with van der Waals surface area (Å²) < 4.78 is 10.7. The van der Waals surface area contributed by atoms with Crippen LogP contribution in [0.2, 0.25) is 0 Å². The zero-order valence-electron chi connectivity index (χ0n) is 15.7. The molecule has 5 rings (SSSR count). The second-order valence-electron chi connectivity index (χ2n) is 7.85. The molecule has 2 atom stereocenters. The third-order valence-electron chi connectivity index (χ3n) is 6.28. The minimum atomic E-state index is -0.0661. The van der Waals surface area contributed by atoms with Crippen LogP contribution in [0.25, 0.3) is 0 Å². The number of piperidine rings is 1. The number of likely N-dealkylation sites (tertiary alicyclic amines) is 2. The van der Waals surface area contributed by atoms with Crippen LogP contribution in [0.5, 0.6) is 0 Å². The van der Waals surface area contributed by atoms with Gasteiger partial charge in [-0.05, 0) is 24.1 Å². The molecule has 3 aromatic rings. The maximum absolute atomic E-state index is 12.8. The fourth-order valence-corrected chi connectivity index (χ4v) is 4.94. The number of benzene rings is 1. The van der Waals surface area contributed by atoms with E-state index in [0.717, 1.165) is 44.9 Å². The maximum Gasteiger partial charge on any atom is 0.292 e. The predicted molar refractivity (Wildman–Crippen MR) is 103 cm³/mol. The van der Waals surface area contributed by atoms with Crippen molar-refractivity contribution in [2.24, 2.45) is 5.92 Å². The number of aromatic nitrogens is 1. The van der Waals surface area contributed by atoms with Gasteiger partial charge in [-0.2, -0.15) is 0 Å². The van der Waals surface area contributed by atoms with Crippen molar-refractivity contribution in [1.29, 1.82) is 0 Å². The molecule has 4 heterocycles. The highest BCUT2D eigenvalue weighted by atomic mass is 16.5. The van der Waals surface area contributed by atoms with E-state index in [9.17, 15) is 4.79 Å². The predicted octanol–water partition coefficient (Wildman–Crippen LogP) is 3.18. The number of hydrogen-bond acceptors (Lipinski definition) is 5. The lowest BCUT2D eigenvalue weighted by atomic mass is 9.68. The molecule has 2 aromatic heterocycles. The molecule has 2 saturated heterocycles. The highest BCUT2D eigenvalue weighted by Crippen LogP contribution is 2.45. The van der Waals surface area contributed by atoms with Gasteiger partial charge in [0.1, 0.15) is 5.76 Å². The lowest BCUT2D eigenvalue weighted by molar-refractivity contribution is 0.0562. The van der Waals surface area contributed by atoms with E-state index in [2.05, 4.69) is 40.4 Å². The summed E-state index contributed by atoms with van der Waals surface area (Å²) in [7, 11) is 0. The van der Waals surface area contributed by atoms with Gasteiger partial charge in [0.2, 0.25) is 5.76 Å². The summed E-state index contributed by atoms with van der Waals surface area (Å²) in [6.07, 6.45) is 4.19. The van der Waals surface area contributed by atoms with Gasteiger partial charge in [0.25, 0.3) is 5.91 Å². The first-order valence-electron chi connectivity index (χ1n) is 9.75. The van der Waals surface area contributed by atoms with Crippen molar-refractivity contribution in [1.82, 2.24) is 15.0 Å². The van der Waals surface area contributed by atoms with Crippen LogP contribution in [0.1, 0.15) is 28.3 Å². The Hall–Kier alpha value is -2.86. The second kappa shape index (κ2) is 6.95. The fourth-order valence-electron chi connectivity index (χ4n) is 4.94. The first-order chi connectivity index (χ1) is 13.7. The molecular formula is C22H23N3O3. The summed E-state index contributed by atoms with van der Waals surface area (Å²) in [6, 6.07) is 16.4. The van der Waals surface area contributed by atoms with Crippen LogP contribution < -0.4 is 0 Å². The van der Waals surface area contributed by atoms with Crippen LogP contribution in [-0.4, -0.2) is 47.0 Å². The molecule has 0 spiro atoms. The van der Waals surface area contributed by atoms with Gasteiger partial charge < -0.3 is 13.8 Å². The summed E-state index contributed by atoms with van der Waals surface area (Å²) in [4.78, 5) is 17.2. The quantitative estimate of drug-likeness (QED) is 0.699. The number of carbonyl (C=O) groups excluding carboxylic acids is 1. The van der Waals surface area contributed by atoms with Crippen molar-refractivity contribution in [3.05, 3.63) is 78.1 Å². The van der Waals surface area contributed by atoms with Crippen molar-refractivity contribution >= 4 is 5.91 Å². The molecule has 0 N–H and O–H groups in total. The number of rotatable bonds is 4. The van der Waals surface area contributed by atoms with E-state index in [-0.39, 0.29) is 11.3 Å². The molecule has 0 radical (unpaired) electrons. The first-order valence-corrected chi connectivity index (χ1v) is 9.75. The third kappa shape index (κ3) is 2.94. The Morgan fingerprint density at radius 1 is 1.14 bits per heavy atom. The van der Waals surface area contributed by atoms with E-state index >= 15 is 0 Å². The number of nitrogens with zero attached hydrogens (tertiary/aromatic N) is 3. The summed E-state index contributed by atoms with van der Waals surface area (Å²) >= 11 is 0. The van der Waals surface area contributed by atoms with Crippen molar-refractivity contribution in [2.45, 2.75) is 18.4 Å². The average molecular weight is 377 g/mol. The van der Waals surface area contributed by atoms with Gasteiger partial charge in [-0.15, -0.1) is 0 Å². The third-order valence-corrected chi connectivity index (χ3v) is 6.28. The van der Waals surface area contributed by atoms with E-state index in [0.29, 0.717) is 11.7 Å². The molecule has 6 heteroatoms. The van der Waals surface area contributed by atoms with Gasteiger partial charge in [0.05, 0.1) is 19.0 Å². The van der Waals surface area contributed by atoms with Crippen LogP contribution in [0, 0.1) is 5.92 Å². The highest BCUT2D eigenvalue weighted by molar-refractivity contribution is 5.91. The van der Waals surface area contributed by atoms with Gasteiger partial charge in [0, 0.05) is 43.6 Å². The van der Waals surface area contributed by atoms with Crippen molar-refractivity contribution in [2.75, 3.05) is 26.2 Å². The minimum absolute atomic E-state index is 0.0616. The monoisotopic (exact) mass is 377 g/mol. The van der Waals surface area contributed by atoms with E-state index in [1.165, 1.54) is 11.8 Å². The Kier molecular flexibility index (Phi) is 4.28. The molecule has 2 fully saturated rings. The van der Waals surface area contributed by atoms with Crippen LogP contribution in [0.4, 0.5) is 0 Å². The van der Waals surface area contributed by atoms with Crippen LogP contribution >= 0.6 is 0 Å². The number of furan rings is 1. The summed E-state index contributed by atoms with van der Waals surface area (Å²) in [5.41, 5.74) is 1.43. The maximum atomic E-state index is 12.8. The molecule has 0 saturated carbocycles. The molecule has 28 heavy (non-hydrogen) atoms. The minimum Gasteiger partial charge on any atom is -0.468 e. The zero-order chi connectivity index (χ0) is 19.0. The van der Waals surface area contributed by atoms with Crippen molar-refractivity contribution in [3.8, 4) is 0 Å². The van der Waals surface area contributed by atoms with Crippen LogP contribution in [-0.2, 0) is 12.0 Å². The number of fused-ring (bicyclic) bond motifs is 1. The molecule has 1 aromatic carbocycles. The number of amides is 1. The van der Waals surface area contributed by atoms with Crippen molar-refractivity contribution in [3.63, 3.8) is 0 Å². The summed E-state index contributed by atoms with van der Waals surface area (Å²) in [5.74, 6) is 1.60. The van der Waals surface area contributed by atoms with E-state index in [1.54, 1.807) is 12.3 Å². The van der Waals surface area contributed by atoms with E-state index < -0.39 is 0 Å². The summed E-state index contributed by atoms with van der Waals surface area (Å²) in [6.45, 7) is 4.17. The number of hydrogen-bond donors (Lipinski definition) is 0. The second-order valence-corrected chi connectivity index (χ2v) is 7.85. The topological polar surface area (TPSA) is 62.7 Å². The lowest BCUT2D eigenvalue weighted by Gasteiger charge is -2.43. The molecular weight excluding hydrogens is 354 g/mol. The Bertz CT molecular complexity index is 923. The first kappa shape index (κ1) is 17.3. The number of carbonyl (C=O) groups is 1. The van der Waals surface area contributed by atoms with Gasteiger partial charge in [-0.25, -0.2) is 0 Å². The fraction of sp³-hybridized carbons (Fsp3) is 0.364. The Labute approximate surface area is 163 Å². The van der Waals surface area contributed by atoms with Gasteiger partial charge in [0.15, 0.2) is 0 Å². The van der Waals surface area contributed by atoms with Gasteiger partial charge in [-0.3, -0.25) is 9.69 Å². The highest BCUT2D eigenvalue weighted by Gasteiger charge is 2.51. The Morgan fingerprint density at radius 2 is 2.04 bits per heavy atom. The van der Waals surface area contributed by atoms with Crippen molar-refractivity contribution < 1.29 is 13.7 Å². The standard InChI is InChI=1S/C22H23N3O3/c26-21(20-8-10-23-28-20)25-11-9-22(17-5-2-1-3-6-17)16-24(13-18(22)14-25)15-19-7-4-12-27-19/h1-8,10,12,18H,9,11,13-16H2/t18-,22-/m0/s1. The SMILES string of the molecule is O=C(c1ccno1)N1CC[C@@]2(c3ccccc3)CN(Cc3ccco3)C[C@H]2C1. The Balaban J connectivity index is 1.41. The molecule has 6 nitrogen and oxygen atoms in total. The molecule has 144 valence electrons. The normalized spacial score (nSPS) is 25.0. The van der Waals surface area contributed by atoms with Crippen LogP contribution in [0.15, 0.2) is 69.9 Å². The largest absolute Gasteiger partial charge is 0.468 e.